The fourth-order valence-corrected chi connectivity index (χ4v) is 1.61. The van der Waals surface area contributed by atoms with E-state index in [-0.39, 0.29) is 0 Å². The molecular weight excluding hydrogens is 194 g/mol. The molecule has 0 bridgehead atoms. The normalized spacial score (nSPS) is 12.9. The molecule has 1 aromatic carbocycles. The van der Waals surface area contributed by atoms with Crippen LogP contribution in [0.4, 0.5) is 0 Å². The minimum atomic E-state index is 0.393. The molecule has 1 atom stereocenters. The van der Waals surface area contributed by atoms with E-state index < -0.39 is 0 Å². The Labute approximate surface area is 91.0 Å². The molecule has 1 aromatic rings. The lowest BCUT2D eigenvalue weighted by Gasteiger charge is -2.23. The fourth-order valence-electron chi connectivity index (χ4n) is 1.49. The van der Waals surface area contributed by atoms with Gasteiger partial charge in [0.05, 0.1) is 0 Å². The first-order valence-electron chi connectivity index (χ1n) is 4.68. The van der Waals surface area contributed by atoms with Crippen LogP contribution in [-0.2, 0) is 0 Å². The van der Waals surface area contributed by atoms with Gasteiger partial charge in [0.2, 0.25) is 0 Å². The van der Waals surface area contributed by atoms with Gasteiger partial charge in [-0.25, -0.2) is 0 Å². The molecule has 1 nitrogen and oxygen atoms in total. The van der Waals surface area contributed by atoms with E-state index in [0.717, 1.165) is 11.4 Å². The molecule has 0 amide bonds. The maximum Gasteiger partial charge on any atom is 0.0406 e. The number of hydrogen-bond acceptors (Lipinski definition) is 1. The molecule has 0 fully saturated rings. The van der Waals surface area contributed by atoms with Crippen LogP contribution in [0.15, 0.2) is 36.9 Å². The van der Waals surface area contributed by atoms with Crippen molar-refractivity contribution in [3.05, 3.63) is 47.5 Å². The number of hydrogen-bond donors (Lipinski definition) is 0. The van der Waals surface area contributed by atoms with Crippen LogP contribution >= 0.6 is 11.6 Å². The Morgan fingerprint density at radius 1 is 1.36 bits per heavy atom. The zero-order valence-corrected chi connectivity index (χ0v) is 9.46. The quantitative estimate of drug-likeness (QED) is 0.686. The lowest BCUT2D eigenvalue weighted by molar-refractivity contribution is 0.301. The van der Waals surface area contributed by atoms with Gasteiger partial charge >= 0.3 is 0 Å². The molecule has 1 unspecified atom stereocenters. The predicted octanol–water partition coefficient (Wildman–Crippen LogP) is 3.52. The SMILES string of the molecule is C=CCC(c1ccc(Cl)cc1)N(C)C. The second-order valence-corrected chi connectivity index (χ2v) is 3.99. The van der Waals surface area contributed by atoms with Crippen LogP contribution in [0.2, 0.25) is 5.02 Å². The van der Waals surface area contributed by atoms with Gasteiger partial charge in [0.25, 0.3) is 0 Å². The van der Waals surface area contributed by atoms with Crippen molar-refractivity contribution < 1.29 is 0 Å². The third-order valence-electron chi connectivity index (χ3n) is 2.27. The molecular formula is C12H16ClN. The van der Waals surface area contributed by atoms with Crippen LogP contribution in [0.25, 0.3) is 0 Å². The third-order valence-corrected chi connectivity index (χ3v) is 2.52. The Hall–Kier alpha value is -0.790. The van der Waals surface area contributed by atoms with Crippen molar-refractivity contribution in [2.45, 2.75) is 12.5 Å². The average molecular weight is 210 g/mol. The Bertz CT molecular complexity index is 290. The van der Waals surface area contributed by atoms with Gasteiger partial charge in [0, 0.05) is 11.1 Å². The summed E-state index contributed by atoms with van der Waals surface area (Å²) in [5.74, 6) is 0. The molecule has 2 heteroatoms. The van der Waals surface area contributed by atoms with Crippen LogP contribution in [0.1, 0.15) is 18.0 Å². The lowest BCUT2D eigenvalue weighted by atomic mass is 10.0. The zero-order valence-electron chi connectivity index (χ0n) is 8.70. The van der Waals surface area contributed by atoms with Gasteiger partial charge in [0.1, 0.15) is 0 Å². The molecule has 0 saturated carbocycles. The average Bonchev–Trinajstić information content (AvgIpc) is 2.15. The van der Waals surface area contributed by atoms with E-state index in [1.165, 1.54) is 5.56 Å². The molecule has 0 aliphatic rings. The third kappa shape index (κ3) is 2.86. The summed E-state index contributed by atoms with van der Waals surface area (Å²) in [5.41, 5.74) is 1.28. The number of nitrogens with zero attached hydrogens (tertiary/aromatic N) is 1. The molecule has 14 heavy (non-hydrogen) atoms. The summed E-state index contributed by atoms with van der Waals surface area (Å²) in [6.07, 6.45) is 2.90. The minimum absolute atomic E-state index is 0.393. The molecule has 0 heterocycles. The van der Waals surface area contributed by atoms with Crippen LogP contribution in [0, 0.1) is 0 Å². The first-order valence-corrected chi connectivity index (χ1v) is 5.05. The standard InChI is InChI=1S/C12H16ClN/c1-4-5-12(14(2)3)10-6-8-11(13)9-7-10/h4,6-9,12H,1,5H2,2-3H3. The summed E-state index contributed by atoms with van der Waals surface area (Å²) in [4.78, 5) is 2.19. The highest BCUT2D eigenvalue weighted by Gasteiger charge is 2.11. The van der Waals surface area contributed by atoms with Crippen molar-refractivity contribution in [1.82, 2.24) is 4.90 Å². The highest BCUT2D eigenvalue weighted by molar-refractivity contribution is 6.30. The highest BCUT2D eigenvalue weighted by Crippen LogP contribution is 2.23. The zero-order chi connectivity index (χ0) is 10.6. The maximum atomic E-state index is 5.84. The summed E-state index contributed by atoms with van der Waals surface area (Å²) in [5, 5.41) is 0.782. The molecule has 0 N–H and O–H groups in total. The predicted molar refractivity (Wildman–Crippen MR) is 62.7 cm³/mol. The minimum Gasteiger partial charge on any atom is -0.302 e. The molecule has 0 saturated heterocycles. The number of rotatable bonds is 4. The van der Waals surface area contributed by atoms with Crippen LogP contribution in [0.5, 0.6) is 0 Å². The van der Waals surface area contributed by atoms with E-state index in [9.17, 15) is 0 Å². The Kier molecular flexibility index (Phi) is 4.18. The van der Waals surface area contributed by atoms with Gasteiger partial charge in [0.15, 0.2) is 0 Å². The first-order chi connectivity index (χ1) is 6.65. The second kappa shape index (κ2) is 5.18. The van der Waals surface area contributed by atoms with Crippen molar-refractivity contribution in [2.75, 3.05) is 14.1 Å². The van der Waals surface area contributed by atoms with Gasteiger partial charge in [-0.1, -0.05) is 29.8 Å². The lowest BCUT2D eigenvalue weighted by Crippen LogP contribution is -2.19. The Balaban J connectivity index is 2.87. The van der Waals surface area contributed by atoms with Gasteiger partial charge in [-0.15, -0.1) is 6.58 Å². The number of benzene rings is 1. The first kappa shape index (κ1) is 11.3. The molecule has 0 aliphatic carbocycles. The highest BCUT2D eigenvalue weighted by atomic mass is 35.5. The Morgan fingerprint density at radius 2 is 1.93 bits per heavy atom. The largest absolute Gasteiger partial charge is 0.302 e. The van der Waals surface area contributed by atoms with Gasteiger partial charge < -0.3 is 4.90 Å². The van der Waals surface area contributed by atoms with Gasteiger partial charge in [-0.2, -0.15) is 0 Å². The Morgan fingerprint density at radius 3 is 2.36 bits per heavy atom. The van der Waals surface area contributed by atoms with Crippen molar-refractivity contribution in [2.24, 2.45) is 0 Å². The monoisotopic (exact) mass is 209 g/mol. The van der Waals surface area contributed by atoms with E-state index in [0.29, 0.717) is 6.04 Å². The van der Waals surface area contributed by atoms with Crippen LogP contribution in [-0.4, -0.2) is 19.0 Å². The van der Waals surface area contributed by atoms with Crippen molar-refractivity contribution in [3.8, 4) is 0 Å². The summed E-state index contributed by atoms with van der Waals surface area (Å²) in [7, 11) is 4.14. The van der Waals surface area contributed by atoms with Crippen molar-refractivity contribution in [3.63, 3.8) is 0 Å². The van der Waals surface area contributed by atoms with E-state index >= 15 is 0 Å². The topological polar surface area (TPSA) is 3.24 Å². The molecule has 1 rings (SSSR count). The number of halogens is 1. The summed E-state index contributed by atoms with van der Waals surface area (Å²) >= 11 is 5.84. The van der Waals surface area contributed by atoms with E-state index in [1.54, 1.807) is 0 Å². The molecule has 0 aromatic heterocycles. The summed E-state index contributed by atoms with van der Waals surface area (Å²) in [6, 6.07) is 8.38. The molecule has 0 aliphatic heterocycles. The van der Waals surface area contributed by atoms with Crippen molar-refractivity contribution >= 4 is 11.6 Å². The second-order valence-electron chi connectivity index (χ2n) is 3.56. The van der Waals surface area contributed by atoms with E-state index in [1.807, 2.05) is 18.2 Å². The van der Waals surface area contributed by atoms with Crippen LogP contribution < -0.4 is 0 Å². The van der Waals surface area contributed by atoms with Gasteiger partial charge in [-0.05, 0) is 38.2 Å². The van der Waals surface area contributed by atoms with Crippen molar-refractivity contribution in [1.29, 1.82) is 0 Å². The summed E-state index contributed by atoms with van der Waals surface area (Å²) in [6.45, 7) is 3.77. The molecule has 0 spiro atoms. The molecule has 0 radical (unpaired) electrons. The van der Waals surface area contributed by atoms with Gasteiger partial charge in [-0.3, -0.25) is 0 Å². The smallest absolute Gasteiger partial charge is 0.0406 e. The van der Waals surface area contributed by atoms with E-state index in [2.05, 4.69) is 37.7 Å². The van der Waals surface area contributed by atoms with Crippen LogP contribution in [0.3, 0.4) is 0 Å². The molecule has 76 valence electrons. The maximum absolute atomic E-state index is 5.84. The fraction of sp³-hybridized carbons (Fsp3) is 0.333. The summed E-state index contributed by atoms with van der Waals surface area (Å²) < 4.78 is 0. The van der Waals surface area contributed by atoms with E-state index in [4.69, 9.17) is 11.6 Å².